The first-order valence-electron chi connectivity index (χ1n) is 11.2. The van der Waals surface area contributed by atoms with Crippen molar-refractivity contribution in [2.75, 3.05) is 46.3 Å². The fourth-order valence-electron chi connectivity index (χ4n) is 4.88. The summed E-state index contributed by atoms with van der Waals surface area (Å²) in [6.07, 6.45) is 9.51. The van der Waals surface area contributed by atoms with Crippen molar-refractivity contribution in [2.24, 2.45) is 16.8 Å². The van der Waals surface area contributed by atoms with Gasteiger partial charge in [-0.1, -0.05) is 19.8 Å². The Morgan fingerprint density at radius 3 is 2.43 bits per heavy atom. The third kappa shape index (κ3) is 6.75. The molecule has 0 aromatic rings. The van der Waals surface area contributed by atoms with Crippen LogP contribution in [0.1, 0.15) is 58.3 Å². The Hall–Kier alpha value is -0.570. The molecule has 2 N–H and O–H groups in total. The molecule has 2 heterocycles. The standard InChI is InChI=1S/C21H39N5O.HI/c1-3-25-13-9-17(10-14-25)8-12-23-21(22-2)24-19-11-15-26(16-19)20(27)18-6-4-5-7-18;/h17-19H,3-16H2,1-2H3,(H2,22,23,24);1H. The second kappa shape index (κ2) is 12.2. The molecule has 3 rings (SSSR count). The molecule has 7 heteroatoms. The van der Waals surface area contributed by atoms with Crippen molar-refractivity contribution in [2.45, 2.75) is 64.3 Å². The number of guanidine groups is 1. The highest BCUT2D eigenvalue weighted by Crippen LogP contribution is 2.27. The van der Waals surface area contributed by atoms with E-state index in [4.69, 9.17) is 0 Å². The number of likely N-dealkylation sites (tertiary alicyclic amines) is 2. The quantitative estimate of drug-likeness (QED) is 0.331. The van der Waals surface area contributed by atoms with Gasteiger partial charge in [0.2, 0.25) is 5.91 Å². The van der Waals surface area contributed by atoms with E-state index in [2.05, 4.69) is 32.3 Å². The maximum atomic E-state index is 12.6. The van der Waals surface area contributed by atoms with Crippen molar-refractivity contribution in [3.63, 3.8) is 0 Å². The minimum absolute atomic E-state index is 0. The van der Waals surface area contributed by atoms with Gasteiger partial charge >= 0.3 is 0 Å². The molecule has 2 aliphatic heterocycles. The van der Waals surface area contributed by atoms with Crippen LogP contribution in [0.25, 0.3) is 0 Å². The van der Waals surface area contributed by atoms with Gasteiger partial charge in [0.25, 0.3) is 0 Å². The molecule has 1 atom stereocenters. The highest BCUT2D eigenvalue weighted by atomic mass is 127. The van der Waals surface area contributed by atoms with E-state index in [0.29, 0.717) is 17.9 Å². The van der Waals surface area contributed by atoms with Crippen LogP contribution in [0.4, 0.5) is 0 Å². The summed E-state index contributed by atoms with van der Waals surface area (Å²) < 4.78 is 0. The summed E-state index contributed by atoms with van der Waals surface area (Å²) in [7, 11) is 1.84. The van der Waals surface area contributed by atoms with Crippen LogP contribution in [0.3, 0.4) is 0 Å². The fraction of sp³-hybridized carbons (Fsp3) is 0.905. The van der Waals surface area contributed by atoms with Crippen LogP contribution in [0, 0.1) is 11.8 Å². The van der Waals surface area contributed by atoms with Gasteiger partial charge in [-0.15, -0.1) is 24.0 Å². The number of carbonyl (C=O) groups is 1. The molecule has 162 valence electrons. The second-order valence-electron chi connectivity index (χ2n) is 8.56. The zero-order valence-electron chi connectivity index (χ0n) is 17.8. The van der Waals surface area contributed by atoms with Crippen molar-refractivity contribution in [1.82, 2.24) is 20.4 Å². The molecule has 6 nitrogen and oxygen atoms in total. The molecule has 1 saturated carbocycles. The van der Waals surface area contributed by atoms with E-state index >= 15 is 0 Å². The number of aliphatic imine (C=N–C) groups is 1. The summed E-state index contributed by atoms with van der Waals surface area (Å²) in [5.41, 5.74) is 0. The minimum Gasteiger partial charge on any atom is -0.356 e. The summed E-state index contributed by atoms with van der Waals surface area (Å²) in [5, 5.41) is 7.02. The van der Waals surface area contributed by atoms with Gasteiger partial charge in [0, 0.05) is 38.6 Å². The number of nitrogens with one attached hydrogen (secondary N) is 2. The lowest BCUT2D eigenvalue weighted by molar-refractivity contribution is -0.134. The summed E-state index contributed by atoms with van der Waals surface area (Å²) in [6.45, 7) is 8.63. The van der Waals surface area contributed by atoms with Crippen molar-refractivity contribution < 1.29 is 4.79 Å². The third-order valence-electron chi connectivity index (χ3n) is 6.77. The van der Waals surface area contributed by atoms with E-state index in [1.165, 1.54) is 51.7 Å². The molecule has 2 saturated heterocycles. The SMILES string of the molecule is CCN1CCC(CCNC(=NC)NC2CCN(C(=O)C3CCCC3)C2)CC1.I. The summed E-state index contributed by atoms with van der Waals surface area (Å²) in [6, 6.07) is 0.328. The first kappa shape index (κ1) is 23.7. The molecule has 0 aromatic heterocycles. The number of piperidine rings is 1. The Morgan fingerprint density at radius 1 is 1.07 bits per heavy atom. The van der Waals surface area contributed by atoms with Gasteiger partial charge < -0.3 is 20.4 Å². The maximum absolute atomic E-state index is 12.6. The Labute approximate surface area is 188 Å². The first-order valence-corrected chi connectivity index (χ1v) is 11.2. The molecular formula is C21H40IN5O. The molecule has 3 fully saturated rings. The first-order chi connectivity index (χ1) is 13.2. The average molecular weight is 505 g/mol. The predicted octanol–water partition coefficient (Wildman–Crippen LogP) is 2.68. The van der Waals surface area contributed by atoms with Crippen molar-refractivity contribution in [3.05, 3.63) is 0 Å². The molecule has 0 radical (unpaired) electrons. The second-order valence-corrected chi connectivity index (χ2v) is 8.56. The summed E-state index contributed by atoms with van der Waals surface area (Å²) in [5.74, 6) is 2.41. The number of rotatable bonds is 6. The molecule has 0 bridgehead atoms. The van der Waals surface area contributed by atoms with Gasteiger partial charge in [0.15, 0.2) is 5.96 Å². The van der Waals surface area contributed by atoms with E-state index in [9.17, 15) is 4.79 Å². The van der Waals surface area contributed by atoms with Crippen LogP contribution in [0.2, 0.25) is 0 Å². The third-order valence-corrected chi connectivity index (χ3v) is 6.77. The molecule has 0 spiro atoms. The Bertz CT molecular complexity index is 501. The number of carbonyl (C=O) groups excluding carboxylic acids is 1. The molecule has 1 unspecified atom stereocenters. The highest BCUT2D eigenvalue weighted by Gasteiger charge is 2.32. The smallest absolute Gasteiger partial charge is 0.225 e. The van der Waals surface area contributed by atoms with Crippen LogP contribution in [-0.4, -0.2) is 74.0 Å². The van der Waals surface area contributed by atoms with Gasteiger partial charge in [-0.3, -0.25) is 9.79 Å². The van der Waals surface area contributed by atoms with E-state index in [1.54, 1.807) is 0 Å². The largest absolute Gasteiger partial charge is 0.356 e. The summed E-state index contributed by atoms with van der Waals surface area (Å²) in [4.78, 5) is 21.6. The van der Waals surface area contributed by atoms with Crippen molar-refractivity contribution >= 4 is 35.8 Å². The van der Waals surface area contributed by atoms with Crippen LogP contribution < -0.4 is 10.6 Å². The number of nitrogens with zero attached hydrogens (tertiary/aromatic N) is 3. The molecule has 0 aromatic carbocycles. The number of hydrogen-bond acceptors (Lipinski definition) is 3. The minimum atomic E-state index is 0. The van der Waals surface area contributed by atoms with Gasteiger partial charge in [-0.2, -0.15) is 0 Å². The zero-order valence-corrected chi connectivity index (χ0v) is 20.1. The zero-order chi connectivity index (χ0) is 19.1. The number of halogens is 1. The van der Waals surface area contributed by atoms with Gasteiger partial charge in [0.1, 0.15) is 0 Å². The Morgan fingerprint density at radius 2 is 1.79 bits per heavy atom. The topological polar surface area (TPSA) is 60.0 Å². The predicted molar refractivity (Wildman–Crippen MR) is 126 cm³/mol. The van der Waals surface area contributed by atoms with E-state index < -0.39 is 0 Å². The summed E-state index contributed by atoms with van der Waals surface area (Å²) >= 11 is 0. The van der Waals surface area contributed by atoms with E-state index in [-0.39, 0.29) is 24.0 Å². The van der Waals surface area contributed by atoms with Gasteiger partial charge in [0.05, 0.1) is 0 Å². The highest BCUT2D eigenvalue weighted by molar-refractivity contribution is 14.0. The average Bonchev–Trinajstić information content (AvgIpc) is 3.39. The molecular weight excluding hydrogens is 465 g/mol. The molecule has 1 aliphatic carbocycles. The number of amides is 1. The molecule has 28 heavy (non-hydrogen) atoms. The normalized spacial score (nSPS) is 25.0. The molecule has 3 aliphatic rings. The Balaban J connectivity index is 0.00000280. The van der Waals surface area contributed by atoms with Crippen LogP contribution in [-0.2, 0) is 4.79 Å². The Kier molecular flexibility index (Phi) is 10.3. The monoisotopic (exact) mass is 505 g/mol. The number of hydrogen-bond donors (Lipinski definition) is 2. The van der Waals surface area contributed by atoms with Gasteiger partial charge in [-0.25, -0.2) is 0 Å². The van der Waals surface area contributed by atoms with E-state index in [0.717, 1.165) is 50.8 Å². The molecule has 1 amide bonds. The lowest BCUT2D eigenvalue weighted by atomic mass is 9.93. The van der Waals surface area contributed by atoms with Crippen molar-refractivity contribution in [3.8, 4) is 0 Å². The van der Waals surface area contributed by atoms with Gasteiger partial charge in [-0.05, 0) is 64.1 Å². The van der Waals surface area contributed by atoms with Crippen molar-refractivity contribution in [1.29, 1.82) is 0 Å². The van der Waals surface area contributed by atoms with E-state index in [1.807, 2.05) is 7.05 Å². The van der Waals surface area contributed by atoms with Crippen LogP contribution in [0.15, 0.2) is 4.99 Å². The lowest BCUT2D eigenvalue weighted by Gasteiger charge is -2.31. The lowest BCUT2D eigenvalue weighted by Crippen LogP contribution is -2.46. The van der Waals surface area contributed by atoms with Crippen LogP contribution >= 0.6 is 24.0 Å². The maximum Gasteiger partial charge on any atom is 0.225 e. The van der Waals surface area contributed by atoms with Crippen LogP contribution in [0.5, 0.6) is 0 Å². The fourth-order valence-corrected chi connectivity index (χ4v) is 4.88.